The van der Waals surface area contributed by atoms with Crippen molar-refractivity contribution in [1.82, 2.24) is 5.32 Å². The van der Waals surface area contributed by atoms with Gasteiger partial charge in [0, 0.05) is 20.8 Å². The van der Waals surface area contributed by atoms with Gasteiger partial charge in [0.25, 0.3) is 0 Å². The third kappa shape index (κ3) is 3.56. The molecular weight excluding hydrogens is 281 g/mol. The first-order valence-electron chi connectivity index (χ1n) is 6.37. The second-order valence-corrected chi connectivity index (χ2v) is 6.04. The summed E-state index contributed by atoms with van der Waals surface area (Å²) in [6.07, 6.45) is 2.23. The van der Waals surface area contributed by atoms with Crippen LogP contribution in [0.1, 0.15) is 30.7 Å². The molecule has 0 saturated heterocycles. The van der Waals surface area contributed by atoms with Crippen molar-refractivity contribution in [3.63, 3.8) is 0 Å². The smallest absolute Gasteiger partial charge is 0.125 e. The van der Waals surface area contributed by atoms with E-state index in [2.05, 4.69) is 18.3 Å². The zero-order chi connectivity index (χ0) is 13.8. The lowest BCUT2D eigenvalue weighted by atomic mass is 10.1. The van der Waals surface area contributed by atoms with E-state index in [1.807, 2.05) is 13.1 Å². The predicted octanol–water partition coefficient (Wildman–Crippen LogP) is 5.27. The Hall–Kier alpha value is -0.900. The van der Waals surface area contributed by atoms with Gasteiger partial charge in [-0.15, -0.1) is 11.3 Å². The van der Waals surface area contributed by atoms with Crippen LogP contribution in [0.3, 0.4) is 0 Å². The maximum Gasteiger partial charge on any atom is 0.125 e. The molecule has 1 atom stereocenters. The fourth-order valence-corrected chi connectivity index (χ4v) is 3.47. The molecule has 0 aliphatic rings. The normalized spacial score (nSPS) is 12.6. The van der Waals surface area contributed by atoms with Crippen molar-refractivity contribution in [3.05, 3.63) is 46.0 Å². The van der Waals surface area contributed by atoms with Crippen LogP contribution in [0.25, 0.3) is 10.4 Å². The first-order valence-corrected chi connectivity index (χ1v) is 7.57. The highest BCUT2D eigenvalue weighted by atomic mass is 35.5. The Bertz CT molecular complexity index is 533. The Morgan fingerprint density at radius 3 is 2.74 bits per heavy atom. The molecule has 4 heteroatoms. The van der Waals surface area contributed by atoms with Crippen molar-refractivity contribution in [1.29, 1.82) is 0 Å². The van der Waals surface area contributed by atoms with Crippen LogP contribution in [-0.4, -0.2) is 7.05 Å². The number of hydrogen-bond acceptors (Lipinski definition) is 2. The minimum atomic E-state index is -0.295. The molecule has 2 rings (SSSR count). The molecule has 0 aliphatic heterocycles. The number of benzene rings is 1. The maximum absolute atomic E-state index is 13.4. The summed E-state index contributed by atoms with van der Waals surface area (Å²) in [5.74, 6) is -0.295. The average Bonchev–Trinajstić information content (AvgIpc) is 2.84. The van der Waals surface area contributed by atoms with Crippen molar-refractivity contribution in [2.45, 2.75) is 25.8 Å². The summed E-state index contributed by atoms with van der Waals surface area (Å²) in [7, 11) is 1.97. The molecule has 102 valence electrons. The predicted molar refractivity (Wildman–Crippen MR) is 81.4 cm³/mol. The Balaban J connectivity index is 2.29. The van der Waals surface area contributed by atoms with Gasteiger partial charge in [0.05, 0.1) is 0 Å². The van der Waals surface area contributed by atoms with Crippen LogP contribution in [0.4, 0.5) is 4.39 Å². The van der Waals surface area contributed by atoms with Gasteiger partial charge in [0.15, 0.2) is 0 Å². The van der Waals surface area contributed by atoms with Gasteiger partial charge in [0.2, 0.25) is 0 Å². The quantitative estimate of drug-likeness (QED) is 0.793. The number of halogens is 2. The highest BCUT2D eigenvalue weighted by Crippen LogP contribution is 2.34. The molecule has 1 unspecified atom stereocenters. The van der Waals surface area contributed by atoms with Gasteiger partial charge in [-0.1, -0.05) is 24.9 Å². The Morgan fingerprint density at radius 2 is 2.11 bits per heavy atom. The van der Waals surface area contributed by atoms with Gasteiger partial charge < -0.3 is 5.32 Å². The van der Waals surface area contributed by atoms with Crippen molar-refractivity contribution in [2.24, 2.45) is 0 Å². The molecule has 1 aromatic heterocycles. The Kier molecular flexibility index (Phi) is 4.97. The standard InChI is InChI=1S/C15H17ClFNS/c1-3-4-13(18-2)15-6-5-14(19-15)10-7-11(16)9-12(17)8-10/h5-9,13,18H,3-4H2,1-2H3. The van der Waals surface area contributed by atoms with Crippen LogP contribution in [0.2, 0.25) is 5.02 Å². The van der Waals surface area contributed by atoms with Gasteiger partial charge in [0.1, 0.15) is 5.82 Å². The van der Waals surface area contributed by atoms with Crippen LogP contribution in [0, 0.1) is 5.82 Å². The minimum absolute atomic E-state index is 0.295. The molecule has 0 amide bonds. The van der Waals surface area contributed by atoms with Crippen molar-refractivity contribution in [3.8, 4) is 10.4 Å². The van der Waals surface area contributed by atoms with Crippen LogP contribution >= 0.6 is 22.9 Å². The molecule has 1 N–H and O–H groups in total. The molecule has 0 fully saturated rings. The Morgan fingerprint density at radius 1 is 1.32 bits per heavy atom. The molecule has 0 spiro atoms. The van der Waals surface area contributed by atoms with E-state index in [-0.39, 0.29) is 5.82 Å². The summed E-state index contributed by atoms with van der Waals surface area (Å²) in [5.41, 5.74) is 0.840. The largest absolute Gasteiger partial charge is 0.312 e. The van der Waals surface area contributed by atoms with Gasteiger partial charge in [-0.25, -0.2) is 4.39 Å². The van der Waals surface area contributed by atoms with Crippen LogP contribution in [-0.2, 0) is 0 Å². The van der Waals surface area contributed by atoms with Crippen LogP contribution in [0.5, 0.6) is 0 Å². The van der Waals surface area contributed by atoms with E-state index in [4.69, 9.17) is 11.6 Å². The van der Waals surface area contributed by atoms with Crippen molar-refractivity contribution in [2.75, 3.05) is 7.05 Å². The first kappa shape index (κ1) is 14.5. The van der Waals surface area contributed by atoms with E-state index in [0.29, 0.717) is 11.1 Å². The Labute approximate surface area is 122 Å². The number of rotatable bonds is 5. The summed E-state index contributed by atoms with van der Waals surface area (Å²) in [5, 5.41) is 3.75. The van der Waals surface area contributed by atoms with E-state index < -0.39 is 0 Å². The second kappa shape index (κ2) is 6.51. The molecule has 1 aromatic carbocycles. The maximum atomic E-state index is 13.4. The summed E-state index contributed by atoms with van der Waals surface area (Å²) in [4.78, 5) is 2.33. The number of thiophene rings is 1. The molecule has 19 heavy (non-hydrogen) atoms. The fraction of sp³-hybridized carbons (Fsp3) is 0.333. The third-order valence-corrected chi connectivity index (χ3v) is 4.51. The molecule has 2 aromatic rings. The van der Waals surface area contributed by atoms with Crippen molar-refractivity contribution >= 4 is 22.9 Å². The highest BCUT2D eigenvalue weighted by molar-refractivity contribution is 7.15. The summed E-state index contributed by atoms with van der Waals surface area (Å²) in [6, 6.07) is 9.16. The average molecular weight is 298 g/mol. The fourth-order valence-electron chi connectivity index (χ4n) is 2.11. The van der Waals surface area contributed by atoms with E-state index >= 15 is 0 Å². The molecule has 1 heterocycles. The molecule has 0 aliphatic carbocycles. The zero-order valence-corrected chi connectivity index (χ0v) is 12.6. The summed E-state index contributed by atoms with van der Waals surface area (Å²) < 4.78 is 13.4. The highest BCUT2D eigenvalue weighted by Gasteiger charge is 2.12. The van der Waals surface area contributed by atoms with Crippen molar-refractivity contribution < 1.29 is 4.39 Å². The summed E-state index contributed by atoms with van der Waals surface area (Å²) >= 11 is 7.59. The van der Waals surface area contributed by atoms with Crippen LogP contribution < -0.4 is 5.32 Å². The monoisotopic (exact) mass is 297 g/mol. The SMILES string of the molecule is CCCC(NC)c1ccc(-c2cc(F)cc(Cl)c2)s1. The zero-order valence-electron chi connectivity index (χ0n) is 11.0. The third-order valence-electron chi connectivity index (χ3n) is 3.04. The number of hydrogen-bond donors (Lipinski definition) is 1. The molecule has 0 saturated carbocycles. The van der Waals surface area contributed by atoms with Gasteiger partial charge in [-0.05, 0) is 49.4 Å². The van der Waals surface area contributed by atoms with Crippen LogP contribution in [0.15, 0.2) is 30.3 Å². The second-order valence-electron chi connectivity index (χ2n) is 4.49. The van der Waals surface area contributed by atoms with Gasteiger partial charge >= 0.3 is 0 Å². The van der Waals surface area contributed by atoms with Gasteiger partial charge in [-0.2, -0.15) is 0 Å². The van der Waals surface area contributed by atoms with E-state index in [1.54, 1.807) is 17.4 Å². The molecule has 1 nitrogen and oxygen atoms in total. The van der Waals surface area contributed by atoms with E-state index in [1.165, 1.54) is 17.0 Å². The minimum Gasteiger partial charge on any atom is -0.312 e. The lowest BCUT2D eigenvalue weighted by Crippen LogP contribution is -2.14. The lowest BCUT2D eigenvalue weighted by molar-refractivity contribution is 0.550. The van der Waals surface area contributed by atoms with Gasteiger partial charge in [-0.3, -0.25) is 0 Å². The molecular formula is C15H17ClFNS. The molecule has 0 bridgehead atoms. The summed E-state index contributed by atoms with van der Waals surface area (Å²) in [6.45, 7) is 2.17. The molecule has 0 radical (unpaired) electrons. The topological polar surface area (TPSA) is 12.0 Å². The van der Waals surface area contributed by atoms with E-state index in [0.717, 1.165) is 23.3 Å². The number of nitrogens with one attached hydrogen (secondary N) is 1. The first-order chi connectivity index (χ1) is 9.13. The van der Waals surface area contributed by atoms with E-state index in [9.17, 15) is 4.39 Å². The lowest BCUT2D eigenvalue weighted by Gasteiger charge is -2.12.